The van der Waals surface area contributed by atoms with E-state index in [1.807, 2.05) is 13.8 Å². The first-order chi connectivity index (χ1) is 8.37. The largest absolute Gasteiger partial charge is 0.278 e. The van der Waals surface area contributed by atoms with Gasteiger partial charge in [-0.25, -0.2) is 9.97 Å². The number of aromatic nitrogens is 2. The van der Waals surface area contributed by atoms with E-state index in [-0.39, 0.29) is 23.8 Å². The van der Waals surface area contributed by atoms with E-state index in [2.05, 4.69) is 9.97 Å². The van der Waals surface area contributed by atoms with Gasteiger partial charge in [-0.1, -0.05) is 13.8 Å². The molecule has 0 saturated carbocycles. The molecule has 0 bridgehead atoms. The minimum atomic E-state index is -0.228. The lowest BCUT2D eigenvalue weighted by Crippen LogP contribution is -2.45. The average molecular weight is 247 g/mol. The van der Waals surface area contributed by atoms with Gasteiger partial charge < -0.3 is 0 Å². The van der Waals surface area contributed by atoms with Crippen LogP contribution in [0.1, 0.15) is 38.1 Å². The van der Waals surface area contributed by atoms with Crippen LogP contribution in [0.4, 0.5) is 0 Å². The van der Waals surface area contributed by atoms with Gasteiger partial charge in [-0.15, -0.1) is 0 Å². The second-order valence-corrected chi connectivity index (χ2v) is 5.53. The minimum Gasteiger partial charge on any atom is -0.278 e. The standard InChI is InChI=1S/C13H17N3O2/c1-9-14-6-10(7-15-9)8-16-11(17)4-13(2,3)5-12(16)18/h6-7H,4-5,8H2,1-3H3. The maximum atomic E-state index is 12.0. The van der Waals surface area contributed by atoms with Crippen molar-refractivity contribution < 1.29 is 9.59 Å². The van der Waals surface area contributed by atoms with Crippen molar-refractivity contribution in [1.29, 1.82) is 0 Å². The molecule has 2 rings (SSSR count). The van der Waals surface area contributed by atoms with Crippen LogP contribution in [0.15, 0.2) is 12.4 Å². The molecule has 2 amide bonds. The van der Waals surface area contributed by atoms with Gasteiger partial charge in [-0.3, -0.25) is 14.5 Å². The molecule has 5 nitrogen and oxygen atoms in total. The SMILES string of the molecule is Cc1ncc(CN2C(=O)CC(C)(C)CC2=O)cn1. The zero-order valence-corrected chi connectivity index (χ0v) is 10.9. The second kappa shape index (κ2) is 4.48. The molecular weight excluding hydrogens is 230 g/mol. The first kappa shape index (κ1) is 12.7. The number of carbonyl (C=O) groups is 2. The summed E-state index contributed by atoms with van der Waals surface area (Å²) in [6, 6.07) is 0. The topological polar surface area (TPSA) is 63.2 Å². The molecule has 1 aromatic rings. The highest BCUT2D eigenvalue weighted by Crippen LogP contribution is 2.31. The number of aryl methyl sites for hydroxylation is 1. The summed E-state index contributed by atoms with van der Waals surface area (Å²) < 4.78 is 0. The Morgan fingerprint density at radius 1 is 1.17 bits per heavy atom. The summed E-state index contributed by atoms with van der Waals surface area (Å²) in [6.45, 7) is 5.95. The molecule has 0 aromatic carbocycles. The van der Waals surface area contributed by atoms with Crippen molar-refractivity contribution in [3.05, 3.63) is 23.8 Å². The third kappa shape index (κ3) is 2.72. The molecular formula is C13H17N3O2. The van der Waals surface area contributed by atoms with E-state index in [4.69, 9.17) is 0 Å². The Morgan fingerprint density at radius 2 is 1.67 bits per heavy atom. The molecule has 18 heavy (non-hydrogen) atoms. The molecule has 1 saturated heterocycles. The van der Waals surface area contributed by atoms with Crippen molar-refractivity contribution in [1.82, 2.24) is 14.9 Å². The van der Waals surface area contributed by atoms with Gasteiger partial charge in [-0.05, 0) is 12.3 Å². The number of hydrogen-bond donors (Lipinski definition) is 0. The molecule has 5 heteroatoms. The molecule has 0 N–H and O–H groups in total. The van der Waals surface area contributed by atoms with Crippen LogP contribution < -0.4 is 0 Å². The number of carbonyl (C=O) groups excluding carboxylic acids is 2. The summed E-state index contributed by atoms with van der Waals surface area (Å²) in [5.74, 6) is 0.449. The van der Waals surface area contributed by atoms with E-state index >= 15 is 0 Å². The molecule has 0 atom stereocenters. The molecule has 0 aliphatic carbocycles. The van der Waals surface area contributed by atoms with Crippen molar-refractivity contribution in [2.45, 2.75) is 40.2 Å². The fraction of sp³-hybridized carbons (Fsp3) is 0.538. The summed E-state index contributed by atoms with van der Waals surface area (Å²) in [4.78, 5) is 33.3. The lowest BCUT2D eigenvalue weighted by Gasteiger charge is -2.34. The molecule has 0 unspecified atom stereocenters. The van der Waals surface area contributed by atoms with Crippen LogP contribution in [0.2, 0.25) is 0 Å². The number of likely N-dealkylation sites (tertiary alicyclic amines) is 1. The van der Waals surface area contributed by atoms with E-state index < -0.39 is 0 Å². The average Bonchev–Trinajstić information content (AvgIpc) is 2.24. The molecule has 2 heterocycles. The van der Waals surface area contributed by atoms with Crippen LogP contribution in [-0.4, -0.2) is 26.7 Å². The molecule has 1 aliphatic rings. The third-order valence-corrected chi connectivity index (χ3v) is 3.04. The van der Waals surface area contributed by atoms with Gasteiger partial charge in [0.1, 0.15) is 5.82 Å². The minimum absolute atomic E-state index is 0.114. The first-order valence-corrected chi connectivity index (χ1v) is 5.98. The fourth-order valence-electron chi connectivity index (χ4n) is 2.07. The Morgan fingerprint density at radius 3 is 2.17 bits per heavy atom. The third-order valence-electron chi connectivity index (χ3n) is 3.04. The normalized spacial score (nSPS) is 19.2. The van der Waals surface area contributed by atoms with E-state index in [1.54, 1.807) is 19.3 Å². The van der Waals surface area contributed by atoms with Crippen molar-refractivity contribution in [3.8, 4) is 0 Å². The number of piperidine rings is 1. The lowest BCUT2D eigenvalue weighted by atomic mass is 9.81. The van der Waals surface area contributed by atoms with E-state index in [1.165, 1.54) is 4.90 Å². The van der Waals surface area contributed by atoms with Gasteiger partial charge in [0.15, 0.2) is 0 Å². The van der Waals surface area contributed by atoms with Gasteiger partial charge in [0.05, 0.1) is 6.54 Å². The van der Waals surface area contributed by atoms with E-state index in [0.717, 1.165) is 5.56 Å². The van der Waals surface area contributed by atoms with E-state index in [0.29, 0.717) is 18.7 Å². The Kier molecular flexibility index (Phi) is 3.15. The first-order valence-electron chi connectivity index (χ1n) is 5.98. The number of amides is 2. The smallest absolute Gasteiger partial charge is 0.230 e. The highest BCUT2D eigenvalue weighted by atomic mass is 16.2. The van der Waals surface area contributed by atoms with Crippen molar-refractivity contribution in [3.63, 3.8) is 0 Å². The molecule has 0 spiro atoms. The summed E-state index contributed by atoms with van der Waals surface area (Å²) in [5.41, 5.74) is 0.552. The summed E-state index contributed by atoms with van der Waals surface area (Å²) in [7, 11) is 0. The quantitative estimate of drug-likeness (QED) is 0.742. The number of rotatable bonds is 2. The monoisotopic (exact) mass is 247 g/mol. The van der Waals surface area contributed by atoms with Crippen LogP contribution >= 0.6 is 0 Å². The predicted molar refractivity (Wildman–Crippen MR) is 65.3 cm³/mol. The second-order valence-electron chi connectivity index (χ2n) is 5.53. The maximum Gasteiger partial charge on any atom is 0.230 e. The van der Waals surface area contributed by atoms with Gasteiger partial charge in [0.2, 0.25) is 11.8 Å². The van der Waals surface area contributed by atoms with Crippen LogP contribution in [0.3, 0.4) is 0 Å². The van der Waals surface area contributed by atoms with Crippen LogP contribution in [0.5, 0.6) is 0 Å². The Labute approximate surface area is 106 Å². The van der Waals surface area contributed by atoms with Gasteiger partial charge >= 0.3 is 0 Å². The van der Waals surface area contributed by atoms with Crippen molar-refractivity contribution in [2.75, 3.05) is 0 Å². The Balaban J connectivity index is 2.12. The Bertz CT molecular complexity index is 460. The number of nitrogens with zero attached hydrogens (tertiary/aromatic N) is 3. The highest BCUT2D eigenvalue weighted by Gasteiger charge is 2.37. The highest BCUT2D eigenvalue weighted by molar-refractivity contribution is 5.98. The van der Waals surface area contributed by atoms with Gasteiger partial charge in [0, 0.05) is 30.8 Å². The number of hydrogen-bond acceptors (Lipinski definition) is 4. The zero-order chi connectivity index (χ0) is 13.3. The zero-order valence-electron chi connectivity index (χ0n) is 10.9. The molecule has 0 radical (unpaired) electrons. The molecule has 1 aliphatic heterocycles. The van der Waals surface area contributed by atoms with Crippen LogP contribution in [0, 0.1) is 12.3 Å². The summed E-state index contributed by atoms with van der Waals surface area (Å²) in [5, 5.41) is 0. The van der Waals surface area contributed by atoms with Crippen molar-refractivity contribution in [2.24, 2.45) is 5.41 Å². The molecule has 1 aromatic heterocycles. The number of imide groups is 1. The van der Waals surface area contributed by atoms with E-state index in [9.17, 15) is 9.59 Å². The summed E-state index contributed by atoms with van der Waals surface area (Å²) in [6.07, 6.45) is 4.13. The van der Waals surface area contributed by atoms with Gasteiger partial charge in [-0.2, -0.15) is 0 Å². The van der Waals surface area contributed by atoms with Gasteiger partial charge in [0.25, 0.3) is 0 Å². The van der Waals surface area contributed by atoms with Crippen LogP contribution in [-0.2, 0) is 16.1 Å². The molecule has 1 fully saturated rings. The fourth-order valence-corrected chi connectivity index (χ4v) is 2.07. The predicted octanol–water partition coefficient (Wildman–Crippen LogP) is 1.46. The van der Waals surface area contributed by atoms with Crippen molar-refractivity contribution >= 4 is 11.8 Å². The molecule has 96 valence electrons. The Hall–Kier alpha value is -1.78. The maximum absolute atomic E-state index is 12.0. The summed E-state index contributed by atoms with van der Waals surface area (Å²) >= 11 is 0. The lowest BCUT2D eigenvalue weighted by molar-refractivity contribution is -0.153. The van der Waals surface area contributed by atoms with Crippen LogP contribution in [0.25, 0.3) is 0 Å².